The zero-order valence-electron chi connectivity index (χ0n) is 13.4. The van der Waals surface area contributed by atoms with Crippen LogP contribution in [0.1, 0.15) is 26.2 Å². The van der Waals surface area contributed by atoms with Gasteiger partial charge >= 0.3 is 0 Å². The zero-order chi connectivity index (χ0) is 17.0. The molecule has 5 nitrogen and oxygen atoms in total. The van der Waals surface area contributed by atoms with Crippen LogP contribution in [0.25, 0.3) is 0 Å². The molecule has 0 radical (unpaired) electrons. The molecule has 1 aliphatic heterocycles. The molecule has 1 heterocycles. The number of carbonyl (C=O) groups excluding carboxylic acids is 2. The van der Waals surface area contributed by atoms with E-state index in [-0.39, 0.29) is 36.7 Å². The van der Waals surface area contributed by atoms with Crippen molar-refractivity contribution in [1.82, 2.24) is 4.90 Å². The Hall–Kier alpha value is -1.01. The molecule has 8 heteroatoms. The standard InChI is InChI=1S/C16H21Cl2N3O2.ClH/c1-10(9-19)16(23)21-7-3-2-4-14(21)15(22)20-13-8-11(17)5-6-12(13)18;/h5-6,8,10,14H,2-4,7,9,19H2,1H3,(H,20,22);1H. The fraction of sp³-hybridized carbons (Fsp3) is 0.500. The second-order valence-electron chi connectivity index (χ2n) is 5.79. The topological polar surface area (TPSA) is 75.4 Å². The predicted octanol–water partition coefficient (Wildman–Crippen LogP) is 3.33. The lowest BCUT2D eigenvalue weighted by Crippen LogP contribution is -2.52. The minimum absolute atomic E-state index is 0. The molecular formula is C16H22Cl3N3O2. The molecule has 2 unspecified atom stereocenters. The van der Waals surface area contributed by atoms with Crippen molar-refractivity contribution in [1.29, 1.82) is 0 Å². The summed E-state index contributed by atoms with van der Waals surface area (Å²) in [6, 6.07) is 4.37. The highest BCUT2D eigenvalue weighted by Crippen LogP contribution is 2.27. The van der Waals surface area contributed by atoms with Crippen LogP contribution >= 0.6 is 35.6 Å². The van der Waals surface area contributed by atoms with Gasteiger partial charge in [0.05, 0.1) is 10.7 Å². The van der Waals surface area contributed by atoms with Gasteiger partial charge in [-0.05, 0) is 37.5 Å². The van der Waals surface area contributed by atoms with Gasteiger partial charge in [0, 0.05) is 24.0 Å². The molecule has 3 N–H and O–H groups in total. The number of benzene rings is 1. The number of hydrogen-bond acceptors (Lipinski definition) is 3. The van der Waals surface area contributed by atoms with Gasteiger partial charge in [-0.25, -0.2) is 0 Å². The van der Waals surface area contributed by atoms with Crippen LogP contribution in [-0.4, -0.2) is 35.8 Å². The Kier molecular flexibility index (Phi) is 8.30. The minimum atomic E-state index is -0.500. The van der Waals surface area contributed by atoms with Crippen molar-refractivity contribution in [3.63, 3.8) is 0 Å². The molecule has 1 aromatic carbocycles. The Bertz CT molecular complexity index is 598. The van der Waals surface area contributed by atoms with Gasteiger partial charge in [0.25, 0.3) is 0 Å². The molecule has 0 aliphatic carbocycles. The Balaban J connectivity index is 0.00000288. The van der Waals surface area contributed by atoms with E-state index in [0.29, 0.717) is 28.7 Å². The number of hydrogen-bond donors (Lipinski definition) is 2. The summed E-state index contributed by atoms with van der Waals surface area (Å²) in [6.45, 7) is 2.62. The van der Waals surface area contributed by atoms with E-state index in [2.05, 4.69) is 5.32 Å². The van der Waals surface area contributed by atoms with E-state index in [1.54, 1.807) is 30.0 Å². The van der Waals surface area contributed by atoms with E-state index in [0.717, 1.165) is 12.8 Å². The number of likely N-dealkylation sites (tertiary alicyclic amines) is 1. The number of rotatable bonds is 4. The van der Waals surface area contributed by atoms with Gasteiger partial charge in [-0.3, -0.25) is 9.59 Å². The van der Waals surface area contributed by atoms with Gasteiger partial charge in [0.15, 0.2) is 0 Å². The van der Waals surface area contributed by atoms with Crippen LogP contribution in [0, 0.1) is 5.92 Å². The summed E-state index contributed by atoms with van der Waals surface area (Å²) in [6.07, 6.45) is 2.43. The van der Waals surface area contributed by atoms with Crippen molar-refractivity contribution in [2.45, 2.75) is 32.2 Å². The molecule has 2 amide bonds. The zero-order valence-corrected chi connectivity index (χ0v) is 15.8. The number of anilines is 1. The minimum Gasteiger partial charge on any atom is -0.330 e. The predicted molar refractivity (Wildman–Crippen MR) is 99.9 cm³/mol. The molecule has 2 rings (SSSR count). The lowest BCUT2D eigenvalue weighted by molar-refractivity contribution is -0.143. The fourth-order valence-electron chi connectivity index (χ4n) is 2.66. The Labute approximate surface area is 158 Å². The van der Waals surface area contributed by atoms with Crippen LogP contribution in [0.3, 0.4) is 0 Å². The quantitative estimate of drug-likeness (QED) is 0.822. The summed E-state index contributed by atoms with van der Waals surface area (Å²) < 4.78 is 0. The van der Waals surface area contributed by atoms with E-state index in [9.17, 15) is 9.59 Å². The second-order valence-corrected chi connectivity index (χ2v) is 6.64. The van der Waals surface area contributed by atoms with E-state index in [1.165, 1.54) is 0 Å². The van der Waals surface area contributed by atoms with Crippen LogP contribution in [0.2, 0.25) is 10.0 Å². The summed E-state index contributed by atoms with van der Waals surface area (Å²) in [5.74, 6) is -0.617. The number of carbonyl (C=O) groups is 2. The number of amides is 2. The lowest BCUT2D eigenvalue weighted by atomic mass is 9.98. The van der Waals surface area contributed by atoms with E-state index < -0.39 is 6.04 Å². The molecule has 1 saturated heterocycles. The van der Waals surface area contributed by atoms with Crippen molar-refractivity contribution >= 4 is 53.1 Å². The molecule has 0 aromatic heterocycles. The summed E-state index contributed by atoms with van der Waals surface area (Å²) in [4.78, 5) is 26.7. The fourth-order valence-corrected chi connectivity index (χ4v) is 3.00. The first-order valence-electron chi connectivity index (χ1n) is 7.70. The Morgan fingerprint density at radius 2 is 2.08 bits per heavy atom. The van der Waals surface area contributed by atoms with Gasteiger partial charge in [-0.1, -0.05) is 30.1 Å². The normalized spacial score (nSPS) is 18.5. The van der Waals surface area contributed by atoms with Crippen molar-refractivity contribution in [2.24, 2.45) is 11.7 Å². The Morgan fingerprint density at radius 1 is 1.38 bits per heavy atom. The van der Waals surface area contributed by atoms with Crippen molar-refractivity contribution in [3.05, 3.63) is 28.2 Å². The highest BCUT2D eigenvalue weighted by molar-refractivity contribution is 6.35. The van der Waals surface area contributed by atoms with Gasteiger partial charge in [-0.2, -0.15) is 0 Å². The van der Waals surface area contributed by atoms with E-state index in [4.69, 9.17) is 28.9 Å². The molecule has 0 saturated carbocycles. The van der Waals surface area contributed by atoms with Crippen LogP contribution < -0.4 is 11.1 Å². The third-order valence-electron chi connectivity index (χ3n) is 4.05. The maximum Gasteiger partial charge on any atom is 0.247 e. The molecule has 1 fully saturated rings. The van der Waals surface area contributed by atoms with Crippen molar-refractivity contribution < 1.29 is 9.59 Å². The number of nitrogens with zero attached hydrogens (tertiary/aromatic N) is 1. The Morgan fingerprint density at radius 3 is 2.75 bits per heavy atom. The first-order chi connectivity index (χ1) is 10.9. The summed E-state index contributed by atoms with van der Waals surface area (Å²) in [5.41, 5.74) is 6.03. The number of halogens is 3. The molecule has 0 spiro atoms. The van der Waals surface area contributed by atoms with Gasteiger partial charge in [0.2, 0.25) is 11.8 Å². The number of nitrogens with two attached hydrogens (primary N) is 1. The van der Waals surface area contributed by atoms with Crippen molar-refractivity contribution in [2.75, 3.05) is 18.4 Å². The maximum atomic E-state index is 12.6. The van der Waals surface area contributed by atoms with Crippen molar-refractivity contribution in [3.8, 4) is 0 Å². The molecule has 134 valence electrons. The van der Waals surface area contributed by atoms with Gasteiger partial charge in [-0.15, -0.1) is 12.4 Å². The molecule has 1 aromatic rings. The van der Waals surface area contributed by atoms with Crippen LogP contribution in [0.15, 0.2) is 18.2 Å². The van der Waals surface area contributed by atoms with Crippen LogP contribution in [-0.2, 0) is 9.59 Å². The maximum absolute atomic E-state index is 12.6. The highest BCUT2D eigenvalue weighted by Gasteiger charge is 2.33. The molecule has 2 atom stereocenters. The summed E-state index contributed by atoms with van der Waals surface area (Å²) >= 11 is 12.0. The largest absolute Gasteiger partial charge is 0.330 e. The van der Waals surface area contributed by atoms with Crippen LogP contribution in [0.4, 0.5) is 5.69 Å². The molecular weight excluding hydrogens is 373 g/mol. The number of piperidine rings is 1. The van der Waals surface area contributed by atoms with Gasteiger partial charge in [0.1, 0.15) is 6.04 Å². The highest BCUT2D eigenvalue weighted by atomic mass is 35.5. The first-order valence-corrected chi connectivity index (χ1v) is 8.46. The monoisotopic (exact) mass is 393 g/mol. The third kappa shape index (κ3) is 4.99. The average molecular weight is 395 g/mol. The molecule has 24 heavy (non-hydrogen) atoms. The molecule has 1 aliphatic rings. The van der Waals surface area contributed by atoms with Gasteiger partial charge < -0.3 is 16.0 Å². The van der Waals surface area contributed by atoms with E-state index >= 15 is 0 Å². The van der Waals surface area contributed by atoms with Crippen LogP contribution in [0.5, 0.6) is 0 Å². The average Bonchev–Trinajstić information content (AvgIpc) is 2.56. The lowest BCUT2D eigenvalue weighted by Gasteiger charge is -2.36. The smallest absolute Gasteiger partial charge is 0.247 e. The summed E-state index contributed by atoms with van der Waals surface area (Å²) in [7, 11) is 0. The second kappa shape index (κ2) is 9.47. The van der Waals surface area contributed by atoms with E-state index in [1.807, 2.05) is 0 Å². The third-order valence-corrected chi connectivity index (χ3v) is 4.61. The summed E-state index contributed by atoms with van der Waals surface area (Å²) in [5, 5.41) is 3.68. The molecule has 0 bridgehead atoms. The first kappa shape index (κ1) is 21.0. The SMILES string of the molecule is CC(CN)C(=O)N1CCCCC1C(=O)Nc1cc(Cl)ccc1Cl.Cl. The number of nitrogens with one attached hydrogen (secondary N) is 1.